The van der Waals surface area contributed by atoms with Gasteiger partial charge in [-0.25, -0.2) is 4.79 Å². The molecule has 1 saturated heterocycles. The number of nitrogens with one attached hydrogen (secondary N) is 1. The van der Waals surface area contributed by atoms with Crippen LogP contribution in [0, 0.1) is 0 Å². The van der Waals surface area contributed by atoms with E-state index in [4.69, 9.17) is 9.52 Å². The highest BCUT2D eigenvalue weighted by Crippen LogP contribution is 2.21. The van der Waals surface area contributed by atoms with Crippen molar-refractivity contribution in [1.29, 1.82) is 0 Å². The Labute approximate surface area is 163 Å². The van der Waals surface area contributed by atoms with Gasteiger partial charge in [-0.15, -0.1) is 0 Å². The van der Waals surface area contributed by atoms with Gasteiger partial charge in [0.25, 0.3) is 11.8 Å². The Balaban J connectivity index is 1.69. The summed E-state index contributed by atoms with van der Waals surface area (Å²) in [6.07, 6.45) is 3.55. The first kappa shape index (κ1) is 19.7. The summed E-state index contributed by atoms with van der Waals surface area (Å²) in [6.45, 7) is 4.58. The van der Waals surface area contributed by atoms with Crippen molar-refractivity contribution in [3.63, 3.8) is 0 Å². The average molecular weight is 384 g/mol. The zero-order valence-electron chi connectivity index (χ0n) is 16.0. The fourth-order valence-electron chi connectivity index (χ4n) is 3.44. The molecule has 3 rings (SSSR count). The van der Waals surface area contributed by atoms with Crippen LogP contribution in [0.4, 0.5) is 5.69 Å². The molecule has 28 heavy (non-hydrogen) atoms. The first-order valence-electron chi connectivity index (χ1n) is 9.49. The van der Waals surface area contributed by atoms with E-state index in [-0.39, 0.29) is 29.0 Å². The zero-order valence-corrected chi connectivity index (χ0v) is 16.0. The minimum atomic E-state index is -1.13. The second-order valence-corrected chi connectivity index (χ2v) is 6.98. The highest BCUT2D eigenvalue weighted by Gasteiger charge is 2.24. The summed E-state index contributed by atoms with van der Waals surface area (Å²) in [7, 11) is 0. The number of nitrogens with zero attached hydrogens (tertiary/aromatic N) is 1. The molecule has 0 aliphatic carbocycles. The van der Waals surface area contributed by atoms with Crippen LogP contribution in [0.5, 0.6) is 0 Å². The number of carbonyl (C=O) groups excluding carboxylic acids is 2. The van der Waals surface area contributed by atoms with E-state index in [1.54, 1.807) is 31.2 Å². The second kappa shape index (κ2) is 8.29. The first-order valence-corrected chi connectivity index (χ1v) is 9.49. The van der Waals surface area contributed by atoms with Crippen LogP contribution in [0.2, 0.25) is 0 Å². The molecule has 0 bridgehead atoms. The maximum atomic E-state index is 12.7. The number of aryl methyl sites for hydroxylation is 1. The van der Waals surface area contributed by atoms with E-state index < -0.39 is 11.9 Å². The van der Waals surface area contributed by atoms with Gasteiger partial charge < -0.3 is 19.7 Å². The van der Waals surface area contributed by atoms with Gasteiger partial charge in [0.1, 0.15) is 11.3 Å². The molecule has 1 unspecified atom stereocenters. The number of hydrogen-bond donors (Lipinski definition) is 2. The maximum Gasteiger partial charge on any atom is 0.339 e. The molecule has 2 N–H and O–H groups in total. The SMILES string of the molecule is CCc1oc(C(=O)Nc2ccc(C(=O)N3CCCCC3C)cc2)cc1C(=O)O. The van der Waals surface area contributed by atoms with E-state index in [1.165, 1.54) is 6.07 Å². The van der Waals surface area contributed by atoms with Crippen molar-refractivity contribution in [2.75, 3.05) is 11.9 Å². The lowest BCUT2D eigenvalue weighted by atomic mass is 10.0. The van der Waals surface area contributed by atoms with Crippen LogP contribution in [0.1, 0.15) is 70.1 Å². The Hall–Kier alpha value is -3.09. The predicted molar refractivity (Wildman–Crippen MR) is 104 cm³/mol. The summed E-state index contributed by atoms with van der Waals surface area (Å²) in [5.41, 5.74) is 1.06. The van der Waals surface area contributed by atoms with E-state index in [9.17, 15) is 14.4 Å². The number of carboxylic acids is 1. The minimum absolute atomic E-state index is 0.00482. The number of carboxylic acid groups (broad SMARTS) is 1. The fraction of sp³-hybridized carbons (Fsp3) is 0.381. The van der Waals surface area contributed by atoms with Gasteiger partial charge in [-0.3, -0.25) is 9.59 Å². The molecule has 1 atom stereocenters. The summed E-state index contributed by atoms with van der Waals surface area (Å²) in [6, 6.07) is 8.13. The molecular formula is C21H24N2O5. The molecule has 1 aliphatic heterocycles. The van der Waals surface area contributed by atoms with Crippen molar-refractivity contribution in [1.82, 2.24) is 4.90 Å². The van der Waals surface area contributed by atoms with Crippen LogP contribution in [0.25, 0.3) is 0 Å². The zero-order chi connectivity index (χ0) is 20.3. The lowest BCUT2D eigenvalue weighted by Gasteiger charge is -2.33. The number of hydrogen-bond acceptors (Lipinski definition) is 4. The van der Waals surface area contributed by atoms with Crippen molar-refractivity contribution in [3.8, 4) is 0 Å². The Kier molecular flexibility index (Phi) is 5.82. The van der Waals surface area contributed by atoms with E-state index >= 15 is 0 Å². The molecule has 0 spiro atoms. The van der Waals surface area contributed by atoms with Gasteiger partial charge in [0, 0.05) is 36.3 Å². The average Bonchev–Trinajstić information content (AvgIpc) is 3.13. The summed E-state index contributed by atoms with van der Waals surface area (Å²) in [5.74, 6) is -1.47. The van der Waals surface area contributed by atoms with Crippen molar-refractivity contribution >= 4 is 23.5 Å². The smallest absolute Gasteiger partial charge is 0.339 e. The quantitative estimate of drug-likeness (QED) is 0.817. The summed E-state index contributed by atoms with van der Waals surface area (Å²) in [5, 5.41) is 11.8. The van der Waals surface area contributed by atoms with Crippen LogP contribution >= 0.6 is 0 Å². The molecular weight excluding hydrogens is 360 g/mol. The number of amides is 2. The van der Waals surface area contributed by atoms with Crippen LogP contribution in [0.15, 0.2) is 34.7 Å². The van der Waals surface area contributed by atoms with Gasteiger partial charge in [-0.2, -0.15) is 0 Å². The van der Waals surface area contributed by atoms with Crippen LogP contribution < -0.4 is 5.32 Å². The molecule has 1 aromatic heterocycles. The Morgan fingerprint density at radius 1 is 1.21 bits per heavy atom. The maximum absolute atomic E-state index is 12.7. The van der Waals surface area contributed by atoms with Crippen molar-refractivity contribution in [2.24, 2.45) is 0 Å². The lowest BCUT2D eigenvalue weighted by Crippen LogP contribution is -2.42. The molecule has 0 radical (unpaired) electrons. The van der Waals surface area contributed by atoms with E-state index in [0.717, 1.165) is 25.8 Å². The van der Waals surface area contributed by atoms with Gasteiger partial charge in [-0.05, 0) is 50.5 Å². The Morgan fingerprint density at radius 2 is 1.93 bits per heavy atom. The molecule has 7 heteroatoms. The standard InChI is InChI=1S/C21H24N2O5/c1-3-17-16(21(26)27)12-18(28-17)19(24)22-15-9-7-14(8-10-15)20(25)23-11-5-4-6-13(23)2/h7-10,12-13H,3-6,11H2,1-2H3,(H,22,24)(H,26,27). The van der Waals surface area contributed by atoms with Gasteiger partial charge in [0.05, 0.1) is 0 Å². The molecule has 2 amide bonds. The summed E-state index contributed by atoms with van der Waals surface area (Å²) in [4.78, 5) is 38.1. The highest BCUT2D eigenvalue weighted by atomic mass is 16.4. The summed E-state index contributed by atoms with van der Waals surface area (Å²) >= 11 is 0. The molecule has 0 saturated carbocycles. The van der Waals surface area contributed by atoms with Gasteiger partial charge in [0.2, 0.25) is 0 Å². The van der Waals surface area contributed by atoms with Gasteiger partial charge >= 0.3 is 5.97 Å². The van der Waals surface area contributed by atoms with Crippen molar-refractivity contribution < 1.29 is 23.9 Å². The predicted octanol–water partition coefficient (Wildman–Crippen LogP) is 3.81. The monoisotopic (exact) mass is 384 g/mol. The largest absolute Gasteiger partial charge is 0.478 e. The number of rotatable bonds is 5. The topological polar surface area (TPSA) is 99.9 Å². The minimum Gasteiger partial charge on any atom is -0.478 e. The van der Waals surface area contributed by atoms with Crippen molar-refractivity contribution in [3.05, 3.63) is 53.0 Å². The molecule has 7 nitrogen and oxygen atoms in total. The molecule has 1 aliphatic rings. The summed E-state index contributed by atoms with van der Waals surface area (Å²) < 4.78 is 5.36. The molecule has 2 heterocycles. The van der Waals surface area contributed by atoms with Crippen LogP contribution in [-0.4, -0.2) is 40.4 Å². The number of furan rings is 1. The third-order valence-corrected chi connectivity index (χ3v) is 5.04. The number of piperidine rings is 1. The van der Waals surface area contributed by atoms with E-state index in [2.05, 4.69) is 12.2 Å². The van der Waals surface area contributed by atoms with Gasteiger partial charge in [-0.1, -0.05) is 6.92 Å². The van der Waals surface area contributed by atoms with Crippen LogP contribution in [0.3, 0.4) is 0 Å². The van der Waals surface area contributed by atoms with Crippen molar-refractivity contribution in [2.45, 2.75) is 45.6 Å². The normalized spacial score (nSPS) is 16.6. The number of carbonyl (C=O) groups is 3. The molecule has 2 aromatic rings. The third kappa shape index (κ3) is 4.08. The third-order valence-electron chi connectivity index (χ3n) is 5.04. The Morgan fingerprint density at radius 3 is 2.50 bits per heavy atom. The first-order chi connectivity index (χ1) is 13.4. The lowest BCUT2D eigenvalue weighted by molar-refractivity contribution is 0.0634. The van der Waals surface area contributed by atoms with E-state index in [1.807, 2.05) is 4.90 Å². The molecule has 148 valence electrons. The number of benzene rings is 1. The van der Waals surface area contributed by atoms with E-state index in [0.29, 0.717) is 17.7 Å². The molecule has 1 aromatic carbocycles. The number of aromatic carboxylic acids is 1. The number of likely N-dealkylation sites (tertiary alicyclic amines) is 1. The van der Waals surface area contributed by atoms with Crippen LogP contribution in [-0.2, 0) is 6.42 Å². The second-order valence-electron chi connectivity index (χ2n) is 6.98. The number of anilines is 1. The highest BCUT2D eigenvalue weighted by molar-refractivity contribution is 6.04. The molecule has 1 fully saturated rings. The van der Waals surface area contributed by atoms with Gasteiger partial charge in [0.15, 0.2) is 5.76 Å². The Bertz CT molecular complexity index is 885. The fourth-order valence-corrected chi connectivity index (χ4v) is 3.44.